The highest BCUT2D eigenvalue weighted by Crippen LogP contribution is 2.23. The number of hydrogen-bond donors (Lipinski definition) is 2. The second-order valence-corrected chi connectivity index (χ2v) is 5.53. The molecule has 1 aliphatic rings. The summed E-state index contributed by atoms with van der Waals surface area (Å²) < 4.78 is 0. The van der Waals surface area contributed by atoms with E-state index in [2.05, 4.69) is 20.6 Å². The van der Waals surface area contributed by atoms with Crippen LogP contribution in [0.3, 0.4) is 0 Å². The van der Waals surface area contributed by atoms with Crippen LogP contribution in [0.5, 0.6) is 0 Å². The van der Waals surface area contributed by atoms with Crippen LogP contribution in [0.1, 0.15) is 28.9 Å². The molecule has 1 heterocycles. The van der Waals surface area contributed by atoms with Crippen LogP contribution in [0.25, 0.3) is 0 Å². The lowest BCUT2D eigenvalue weighted by atomic mass is 10.2. The fraction of sp³-hybridized carbons (Fsp3) is 0.267. The Hall–Kier alpha value is -2.14. The Morgan fingerprint density at radius 3 is 2.71 bits per heavy atom. The van der Waals surface area contributed by atoms with Crippen LogP contribution < -0.4 is 10.6 Å². The van der Waals surface area contributed by atoms with Gasteiger partial charge in [-0.05, 0) is 37.5 Å². The summed E-state index contributed by atoms with van der Waals surface area (Å²) in [7, 11) is 0. The summed E-state index contributed by atoms with van der Waals surface area (Å²) >= 11 is 6.03. The molecule has 5 nitrogen and oxygen atoms in total. The summed E-state index contributed by atoms with van der Waals surface area (Å²) in [6.07, 6.45) is 5.38. The van der Waals surface area contributed by atoms with Gasteiger partial charge in [0.2, 0.25) is 0 Å². The van der Waals surface area contributed by atoms with E-state index < -0.39 is 0 Å². The first kappa shape index (κ1) is 13.8. The predicted octanol–water partition coefficient (Wildman–Crippen LogP) is 3.27. The molecule has 108 valence electrons. The van der Waals surface area contributed by atoms with Gasteiger partial charge in [-0.1, -0.05) is 17.7 Å². The maximum Gasteiger partial charge on any atom is 0.275 e. The molecule has 3 rings (SSSR count). The number of rotatable bonds is 4. The van der Waals surface area contributed by atoms with Crippen molar-refractivity contribution in [3.63, 3.8) is 0 Å². The predicted molar refractivity (Wildman–Crippen MR) is 82.8 cm³/mol. The molecule has 0 radical (unpaired) electrons. The second kappa shape index (κ2) is 5.69. The van der Waals surface area contributed by atoms with Gasteiger partial charge in [0.15, 0.2) is 0 Å². The van der Waals surface area contributed by atoms with E-state index in [0.29, 0.717) is 22.6 Å². The fourth-order valence-electron chi connectivity index (χ4n) is 1.82. The number of hydrogen-bond acceptors (Lipinski definition) is 4. The van der Waals surface area contributed by atoms with Gasteiger partial charge in [-0.3, -0.25) is 4.79 Å². The third kappa shape index (κ3) is 3.49. The number of anilines is 2. The van der Waals surface area contributed by atoms with Crippen LogP contribution in [0, 0.1) is 6.92 Å². The number of nitrogens with zero attached hydrogens (tertiary/aromatic N) is 2. The lowest BCUT2D eigenvalue weighted by Crippen LogP contribution is -2.14. The highest BCUT2D eigenvalue weighted by Gasteiger charge is 2.21. The molecule has 1 saturated carbocycles. The minimum absolute atomic E-state index is 0.271. The summed E-state index contributed by atoms with van der Waals surface area (Å²) in [6.45, 7) is 1.91. The number of amides is 1. The molecule has 0 saturated heterocycles. The van der Waals surface area contributed by atoms with Crippen molar-refractivity contribution < 1.29 is 4.79 Å². The number of aromatic nitrogens is 2. The van der Waals surface area contributed by atoms with E-state index in [4.69, 9.17) is 11.6 Å². The minimum Gasteiger partial charge on any atom is -0.366 e. The Morgan fingerprint density at radius 1 is 1.29 bits per heavy atom. The monoisotopic (exact) mass is 302 g/mol. The molecule has 21 heavy (non-hydrogen) atoms. The van der Waals surface area contributed by atoms with Gasteiger partial charge in [0.05, 0.1) is 12.4 Å². The molecule has 0 spiro atoms. The number of benzene rings is 1. The third-order valence-corrected chi connectivity index (χ3v) is 3.65. The standard InChI is InChI=1S/C15H15ClN4O/c1-9-2-3-11(6-12(9)16)20-15(21)13-7-18-14(8-17-13)19-10-4-5-10/h2-3,6-8,10H,4-5H2,1H3,(H,18,19)(H,20,21). The minimum atomic E-state index is -0.305. The summed E-state index contributed by atoms with van der Waals surface area (Å²) in [5, 5.41) is 6.59. The molecule has 1 aliphatic carbocycles. The van der Waals surface area contributed by atoms with Crippen LogP contribution in [0.4, 0.5) is 11.5 Å². The number of carbonyl (C=O) groups is 1. The first-order chi connectivity index (χ1) is 10.1. The van der Waals surface area contributed by atoms with Crippen molar-refractivity contribution in [1.29, 1.82) is 0 Å². The van der Waals surface area contributed by atoms with Gasteiger partial charge in [-0.25, -0.2) is 9.97 Å². The zero-order chi connectivity index (χ0) is 14.8. The molecule has 0 aliphatic heterocycles. The summed E-state index contributed by atoms with van der Waals surface area (Å²) in [5.74, 6) is 0.396. The summed E-state index contributed by atoms with van der Waals surface area (Å²) in [4.78, 5) is 20.4. The Morgan fingerprint density at radius 2 is 2.10 bits per heavy atom. The van der Waals surface area contributed by atoms with Crippen LogP contribution in [0.2, 0.25) is 5.02 Å². The molecule has 0 unspecified atom stereocenters. The van der Waals surface area contributed by atoms with E-state index in [1.807, 2.05) is 13.0 Å². The lowest BCUT2D eigenvalue weighted by molar-refractivity contribution is 0.102. The highest BCUT2D eigenvalue weighted by atomic mass is 35.5. The summed E-state index contributed by atoms with van der Waals surface area (Å²) in [6, 6.07) is 5.88. The normalized spacial score (nSPS) is 13.8. The van der Waals surface area contributed by atoms with E-state index in [9.17, 15) is 4.79 Å². The smallest absolute Gasteiger partial charge is 0.275 e. The average molecular weight is 303 g/mol. The zero-order valence-electron chi connectivity index (χ0n) is 11.6. The van der Waals surface area contributed by atoms with Gasteiger partial charge in [0, 0.05) is 16.8 Å². The Bertz CT molecular complexity index is 668. The van der Waals surface area contributed by atoms with Crippen molar-refractivity contribution in [1.82, 2.24) is 9.97 Å². The van der Waals surface area contributed by atoms with Crippen molar-refractivity contribution in [2.45, 2.75) is 25.8 Å². The van der Waals surface area contributed by atoms with Crippen molar-refractivity contribution >= 4 is 29.0 Å². The quantitative estimate of drug-likeness (QED) is 0.909. The van der Waals surface area contributed by atoms with Gasteiger partial charge in [0.1, 0.15) is 11.5 Å². The lowest BCUT2D eigenvalue weighted by Gasteiger charge is -2.07. The first-order valence-electron chi connectivity index (χ1n) is 6.78. The molecule has 2 aromatic rings. The van der Waals surface area contributed by atoms with Crippen LogP contribution in [-0.4, -0.2) is 21.9 Å². The van der Waals surface area contributed by atoms with E-state index >= 15 is 0 Å². The summed E-state index contributed by atoms with van der Waals surface area (Å²) in [5.41, 5.74) is 1.87. The topological polar surface area (TPSA) is 66.9 Å². The van der Waals surface area contributed by atoms with Gasteiger partial charge < -0.3 is 10.6 Å². The molecule has 6 heteroatoms. The van der Waals surface area contributed by atoms with Gasteiger partial charge in [-0.15, -0.1) is 0 Å². The van der Waals surface area contributed by atoms with Crippen molar-refractivity contribution in [3.8, 4) is 0 Å². The Kier molecular flexibility index (Phi) is 3.75. The van der Waals surface area contributed by atoms with E-state index in [0.717, 1.165) is 18.4 Å². The maximum atomic E-state index is 12.1. The molecule has 2 N–H and O–H groups in total. The number of carbonyl (C=O) groups excluding carboxylic acids is 1. The number of halogens is 1. The Labute approximate surface area is 127 Å². The average Bonchev–Trinajstić information content (AvgIpc) is 3.28. The third-order valence-electron chi connectivity index (χ3n) is 3.24. The van der Waals surface area contributed by atoms with Gasteiger partial charge in [0.25, 0.3) is 5.91 Å². The number of aryl methyl sites for hydroxylation is 1. The largest absolute Gasteiger partial charge is 0.366 e. The van der Waals surface area contributed by atoms with E-state index in [1.165, 1.54) is 6.20 Å². The SMILES string of the molecule is Cc1ccc(NC(=O)c2cnc(NC3CC3)cn2)cc1Cl. The molecule has 0 bridgehead atoms. The van der Waals surface area contributed by atoms with Crippen LogP contribution in [0.15, 0.2) is 30.6 Å². The second-order valence-electron chi connectivity index (χ2n) is 5.12. The molecule has 0 atom stereocenters. The fourth-order valence-corrected chi connectivity index (χ4v) is 2.00. The van der Waals surface area contributed by atoms with Crippen molar-refractivity contribution in [3.05, 3.63) is 46.9 Å². The molecular weight excluding hydrogens is 288 g/mol. The molecule has 1 amide bonds. The Balaban J connectivity index is 1.67. The van der Waals surface area contributed by atoms with Gasteiger partial charge >= 0.3 is 0 Å². The van der Waals surface area contributed by atoms with E-state index in [-0.39, 0.29) is 11.6 Å². The molecular formula is C15H15ClN4O. The molecule has 1 fully saturated rings. The van der Waals surface area contributed by atoms with Crippen molar-refractivity contribution in [2.75, 3.05) is 10.6 Å². The first-order valence-corrected chi connectivity index (χ1v) is 7.16. The maximum absolute atomic E-state index is 12.1. The highest BCUT2D eigenvalue weighted by molar-refractivity contribution is 6.31. The zero-order valence-corrected chi connectivity index (χ0v) is 12.3. The number of nitrogens with one attached hydrogen (secondary N) is 2. The van der Waals surface area contributed by atoms with E-state index in [1.54, 1.807) is 18.3 Å². The van der Waals surface area contributed by atoms with Crippen molar-refractivity contribution in [2.24, 2.45) is 0 Å². The molecule has 1 aromatic carbocycles. The molecule has 1 aromatic heterocycles. The van der Waals surface area contributed by atoms with Crippen LogP contribution in [-0.2, 0) is 0 Å². The van der Waals surface area contributed by atoms with Crippen LogP contribution >= 0.6 is 11.6 Å². The van der Waals surface area contributed by atoms with Gasteiger partial charge in [-0.2, -0.15) is 0 Å².